The van der Waals surface area contributed by atoms with Crippen LogP contribution in [-0.4, -0.2) is 142 Å². The van der Waals surface area contributed by atoms with E-state index in [1.807, 2.05) is 37.3 Å². The van der Waals surface area contributed by atoms with Gasteiger partial charge in [-0.3, -0.25) is 24.7 Å². The maximum Gasteiger partial charge on any atom is 0.297 e. The summed E-state index contributed by atoms with van der Waals surface area (Å²) in [7, 11) is -4.73. The number of aromatic nitrogens is 2. The first kappa shape index (κ1) is 55.6. The molecular formula is C63H72FN9O11S. The van der Waals surface area contributed by atoms with Crippen LogP contribution in [0.1, 0.15) is 104 Å². The minimum absolute atomic E-state index is 0.0000351. The summed E-state index contributed by atoms with van der Waals surface area (Å²) in [6.07, 6.45) is 8.21. The van der Waals surface area contributed by atoms with Gasteiger partial charge in [0.25, 0.3) is 21.6 Å². The van der Waals surface area contributed by atoms with Gasteiger partial charge in [0.15, 0.2) is 23.0 Å². The number of ether oxygens (including phenoxy) is 6. The number of carbonyl (C=O) groups is 1. The Morgan fingerprint density at radius 1 is 0.882 bits per heavy atom. The van der Waals surface area contributed by atoms with E-state index in [1.165, 1.54) is 11.6 Å². The van der Waals surface area contributed by atoms with E-state index in [2.05, 4.69) is 72.7 Å². The number of benzene rings is 4. The molecule has 448 valence electrons. The number of rotatable bonds is 12. The topological polar surface area (TPSA) is 215 Å². The number of anilines is 4. The van der Waals surface area contributed by atoms with Gasteiger partial charge in [0, 0.05) is 112 Å². The number of aryl methyl sites for hydroxylation is 1. The number of hydrogen-bond donors (Lipinski definition) is 3. The quantitative estimate of drug-likeness (QED) is 0.0768. The molecule has 20 nitrogen and oxygen atoms in total. The van der Waals surface area contributed by atoms with Gasteiger partial charge in [0.1, 0.15) is 29.8 Å². The zero-order chi connectivity index (χ0) is 58.3. The van der Waals surface area contributed by atoms with Crippen LogP contribution in [0.3, 0.4) is 0 Å². The molecule has 4 saturated heterocycles. The predicted octanol–water partition coefficient (Wildman–Crippen LogP) is 9.74. The lowest BCUT2D eigenvalue weighted by atomic mass is 9.59. The third-order valence-electron chi connectivity index (χ3n) is 19.2. The summed E-state index contributed by atoms with van der Waals surface area (Å²) in [5.74, 6) is 0.574. The number of nitrogens with zero attached hydrogens (tertiary/aromatic N) is 6. The number of sulfonamides is 1. The third-order valence-corrected chi connectivity index (χ3v) is 20.5. The average molecular weight is 1180 g/mol. The summed E-state index contributed by atoms with van der Waals surface area (Å²) >= 11 is 0. The van der Waals surface area contributed by atoms with Gasteiger partial charge in [0.05, 0.1) is 58.5 Å². The molecule has 22 heteroatoms. The van der Waals surface area contributed by atoms with E-state index in [-0.39, 0.29) is 77.6 Å². The maximum atomic E-state index is 15.3. The number of hydrogen-bond acceptors (Lipinski definition) is 17. The molecule has 5 atom stereocenters. The molecule has 4 aromatic carbocycles. The third kappa shape index (κ3) is 10.4. The van der Waals surface area contributed by atoms with E-state index in [0.717, 1.165) is 112 Å². The number of pyridine rings is 1. The van der Waals surface area contributed by atoms with Crippen molar-refractivity contribution in [3.63, 3.8) is 0 Å². The van der Waals surface area contributed by atoms with Crippen LogP contribution in [0.25, 0.3) is 11.0 Å². The molecule has 7 aliphatic heterocycles. The van der Waals surface area contributed by atoms with Gasteiger partial charge >= 0.3 is 0 Å². The van der Waals surface area contributed by atoms with Crippen LogP contribution in [-0.2, 0) is 19.5 Å². The molecule has 8 aliphatic rings. The fraction of sp³-hybridized carbons (Fsp3) is 0.492. The van der Waals surface area contributed by atoms with Gasteiger partial charge in [-0.05, 0) is 125 Å². The normalized spacial score (nSPS) is 24.4. The van der Waals surface area contributed by atoms with Crippen molar-refractivity contribution in [2.24, 2.45) is 11.3 Å². The molecule has 1 aliphatic carbocycles. The van der Waals surface area contributed by atoms with Gasteiger partial charge in [0.2, 0.25) is 5.88 Å². The Morgan fingerprint density at radius 3 is 2.51 bits per heavy atom. The molecule has 85 heavy (non-hydrogen) atoms. The average Bonchev–Trinajstić information content (AvgIpc) is 2.79. The molecule has 1 amide bonds. The van der Waals surface area contributed by atoms with Crippen LogP contribution >= 0.6 is 0 Å². The molecule has 5 fully saturated rings. The second-order valence-electron chi connectivity index (χ2n) is 24.7. The maximum absolute atomic E-state index is 15.3. The first-order chi connectivity index (χ1) is 41.2. The van der Waals surface area contributed by atoms with Crippen molar-refractivity contribution >= 4 is 55.4 Å². The lowest BCUT2D eigenvalue weighted by Crippen LogP contribution is -2.60. The first-order valence-corrected chi connectivity index (χ1v) is 31.6. The number of nitro groups is 1. The minimum Gasteiger partial charge on any atom is -0.491 e. The van der Waals surface area contributed by atoms with Crippen LogP contribution in [0.2, 0.25) is 0 Å². The Balaban J connectivity index is 0.740. The van der Waals surface area contributed by atoms with Crippen LogP contribution in [0.15, 0.2) is 90.0 Å². The van der Waals surface area contributed by atoms with Gasteiger partial charge < -0.3 is 48.5 Å². The zero-order valence-corrected chi connectivity index (χ0v) is 48.9. The standard InChI is InChI=1S/C63H72FN9O11S/c1-37(2)83-55-7-5-4-6-44(55)54-34-70(49-14-25-81-59-46(49)26-38(3)27-47(59)64)20-21-71(54)42-32-63(33-42)15-18-69(19-16-63)41-8-9-45(51(29-41)72-50-13-24-80-36-57(50)84-62-53(72)28-40-10-17-65-60(40)67-62)61(74)68-85(77,78)43-30-52(73(75)76)58-56(31-43)82-35-48(66-58)39-11-22-79-23-12-39/h4-10,17,26-31,37,39,42,48-50,54,57,66H,11-16,18-25,32-36H2,1-3H3,(H,65,67)(H,68,74)/t48-,49-,50-,54-,57-/m0/s1. The number of nitro benzene ring substituents is 1. The lowest BCUT2D eigenvalue weighted by molar-refractivity contribution is -0.384. The van der Waals surface area contributed by atoms with Crippen molar-refractivity contribution in [2.75, 3.05) is 87.5 Å². The minimum atomic E-state index is -4.73. The molecule has 1 spiro atoms. The highest BCUT2D eigenvalue weighted by Crippen LogP contribution is 2.55. The largest absolute Gasteiger partial charge is 0.491 e. The summed E-state index contributed by atoms with van der Waals surface area (Å²) in [6, 6.07) is 23.6. The molecule has 1 saturated carbocycles. The van der Waals surface area contributed by atoms with E-state index in [1.54, 1.807) is 18.3 Å². The summed E-state index contributed by atoms with van der Waals surface area (Å²) in [5.41, 5.74) is 5.42. The van der Waals surface area contributed by atoms with Crippen LogP contribution in [0.5, 0.6) is 23.1 Å². The highest BCUT2D eigenvalue weighted by atomic mass is 32.2. The van der Waals surface area contributed by atoms with Crippen molar-refractivity contribution in [1.29, 1.82) is 0 Å². The Morgan fingerprint density at radius 2 is 1.69 bits per heavy atom. The van der Waals surface area contributed by atoms with Crippen molar-refractivity contribution in [3.05, 3.63) is 123 Å². The van der Waals surface area contributed by atoms with E-state index in [4.69, 9.17) is 33.4 Å². The van der Waals surface area contributed by atoms with Gasteiger partial charge in [-0.1, -0.05) is 24.3 Å². The number of carbonyl (C=O) groups excluding carboxylic acids is 1. The fourth-order valence-electron chi connectivity index (χ4n) is 14.9. The summed E-state index contributed by atoms with van der Waals surface area (Å²) < 4.78 is 83.2. The molecule has 0 bridgehead atoms. The first-order valence-electron chi connectivity index (χ1n) is 30.1. The molecule has 3 N–H and O–H groups in total. The number of halogens is 1. The molecule has 9 heterocycles. The van der Waals surface area contributed by atoms with Crippen molar-refractivity contribution < 1.29 is 50.9 Å². The van der Waals surface area contributed by atoms with E-state index in [0.29, 0.717) is 67.5 Å². The number of piperidine rings is 1. The molecule has 14 rings (SSSR count). The Labute approximate surface area is 493 Å². The molecule has 0 radical (unpaired) electrons. The number of fused-ring (bicyclic) bond motifs is 5. The molecular weight excluding hydrogens is 1110 g/mol. The highest BCUT2D eigenvalue weighted by Gasteiger charge is 2.51. The lowest BCUT2D eigenvalue weighted by Gasteiger charge is -2.59. The molecule has 6 aromatic rings. The van der Waals surface area contributed by atoms with Crippen LogP contribution in [0, 0.1) is 34.2 Å². The van der Waals surface area contributed by atoms with Crippen molar-refractivity contribution in [1.82, 2.24) is 24.5 Å². The van der Waals surface area contributed by atoms with Gasteiger partial charge in [-0.2, -0.15) is 4.98 Å². The Kier molecular flexibility index (Phi) is 14.6. The van der Waals surface area contributed by atoms with E-state index >= 15 is 4.39 Å². The summed E-state index contributed by atoms with van der Waals surface area (Å²) in [5, 5.41) is 16.7. The SMILES string of the molecule is Cc1cc(F)c2c(c1)[C@@H](N1CCN(C3CC4(CCN(c5ccc(C(=O)NS(=O)(=O)c6cc7c(c([N+](=O)[O-])c6)N[C@H](C6CCOCC6)CO7)c(N6c7cc8cc[nH]c8nc7O[C@H]7COCC[C@@H]76)c5)CC4)C3)[C@H](c3ccccc3OC(C)C)C1)CCO2. The predicted molar refractivity (Wildman–Crippen MR) is 317 cm³/mol. The number of piperazine rings is 1. The number of aromatic amines is 1. The van der Waals surface area contributed by atoms with Crippen LogP contribution in [0.4, 0.5) is 32.8 Å². The Bertz CT molecular complexity index is 3680. The monoisotopic (exact) mass is 1180 g/mol. The highest BCUT2D eigenvalue weighted by molar-refractivity contribution is 7.90. The number of para-hydroxylation sites is 1. The number of H-pyrrole nitrogens is 1. The summed E-state index contributed by atoms with van der Waals surface area (Å²) in [6.45, 7) is 12.6. The van der Waals surface area contributed by atoms with E-state index in [9.17, 15) is 23.3 Å². The van der Waals surface area contributed by atoms with Crippen LogP contribution < -0.4 is 38.8 Å². The second kappa shape index (κ2) is 22.2. The van der Waals surface area contributed by atoms with E-state index < -0.39 is 37.5 Å². The van der Waals surface area contributed by atoms with Crippen molar-refractivity contribution in [3.8, 4) is 23.1 Å². The number of nitrogens with one attached hydrogen (secondary N) is 3. The molecule has 0 unspecified atom stereocenters. The van der Waals surface area contributed by atoms with Gasteiger partial charge in [-0.25, -0.2) is 17.5 Å². The van der Waals surface area contributed by atoms with Crippen molar-refractivity contribution in [2.45, 2.75) is 119 Å². The Hall–Kier alpha value is -7.24. The zero-order valence-electron chi connectivity index (χ0n) is 48.1. The molecule has 2 aromatic heterocycles. The fourth-order valence-corrected chi connectivity index (χ4v) is 15.9. The smallest absolute Gasteiger partial charge is 0.297 e. The summed E-state index contributed by atoms with van der Waals surface area (Å²) in [4.78, 5) is 44.2. The van der Waals surface area contributed by atoms with Gasteiger partial charge in [-0.15, -0.1) is 0 Å². The number of amides is 1. The second-order valence-corrected chi connectivity index (χ2v) is 26.4.